The molecule has 1 heterocycles. The van der Waals surface area contributed by atoms with Gasteiger partial charge in [-0.25, -0.2) is 4.39 Å². The van der Waals surface area contributed by atoms with Crippen LogP contribution in [-0.2, 0) is 0 Å². The van der Waals surface area contributed by atoms with Crippen LogP contribution in [0.4, 0.5) is 8.78 Å². The van der Waals surface area contributed by atoms with Crippen LogP contribution in [0.25, 0.3) is 10.9 Å². The summed E-state index contributed by atoms with van der Waals surface area (Å²) in [7, 11) is 0. The monoisotopic (exact) mass is 277 g/mol. The molecule has 0 radical (unpaired) electrons. The number of aryl methyl sites for hydroxylation is 1. The zero-order chi connectivity index (χ0) is 14.7. The summed E-state index contributed by atoms with van der Waals surface area (Å²) >= 11 is 0. The summed E-state index contributed by atoms with van der Waals surface area (Å²) in [6, 6.07) is 10.6. The fourth-order valence-corrected chi connectivity index (χ4v) is 1.76. The lowest BCUT2D eigenvalue weighted by atomic mass is 10.2. The third kappa shape index (κ3) is 3.06. The molecule has 5 heteroatoms. The Morgan fingerprint density at radius 1 is 1.00 bits per heavy atom. The normalized spacial score (nSPS) is 10.2. The maximum Gasteiger partial charge on any atom is 0.200 e. The number of hydrogen-bond acceptors (Lipinski definition) is 2. The molecular formula is C15H13F2NO2. The third-order valence-electron chi connectivity index (χ3n) is 2.67. The second-order valence-corrected chi connectivity index (χ2v) is 4.30. The van der Waals surface area contributed by atoms with Gasteiger partial charge in [-0.3, -0.25) is 0 Å². The van der Waals surface area contributed by atoms with Crippen molar-refractivity contribution in [1.82, 2.24) is 4.98 Å². The first-order valence-electron chi connectivity index (χ1n) is 5.88. The number of fused-ring (bicyclic) bond motifs is 1. The zero-order valence-corrected chi connectivity index (χ0v) is 10.7. The molecule has 0 aliphatic rings. The summed E-state index contributed by atoms with van der Waals surface area (Å²) in [5, 5.41) is 18.7. The van der Waals surface area contributed by atoms with Crippen LogP contribution >= 0.6 is 0 Å². The van der Waals surface area contributed by atoms with Gasteiger partial charge in [0.25, 0.3) is 0 Å². The lowest BCUT2D eigenvalue weighted by Gasteiger charge is -1.92. The summed E-state index contributed by atoms with van der Waals surface area (Å²) in [5.74, 6) is -2.57. The Bertz CT molecular complexity index is 718. The van der Waals surface area contributed by atoms with E-state index in [0.717, 1.165) is 28.7 Å². The molecule has 0 aliphatic heterocycles. The molecule has 20 heavy (non-hydrogen) atoms. The molecule has 2 aromatic carbocycles. The number of phenolic OH excluding ortho intramolecular Hbond substituents is 2. The Hall–Kier alpha value is -2.56. The number of H-pyrrole nitrogens is 1. The van der Waals surface area contributed by atoms with E-state index in [9.17, 15) is 8.78 Å². The van der Waals surface area contributed by atoms with Gasteiger partial charge < -0.3 is 15.2 Å². The average molecular weight is 277 g/mol. The molecule has 0 spiro atoms. The summed E-state index contributed by atoms with van der Waals surface area (Å²) in [6.45, 7) is 2.00. The minimum Gasteiger partial charge on any atom is -0.508 e. The van der Waals surface area contributed by atoms with Gasteiger partial charge >= 0.3 is 0 Å². The summed E-state index contributed by atoms with van der Waals surface area (Å²) in [5.41, 5.74) is 2.19. The molecule has 1 aromatic heterocycles. The highest BCUT2D eigenvalue weighted by Gasteiger charge is 2.03. The molecule has 0 amide bonds. The van der Waals surface area contributed by atoms with Crippen LogP contribution in [0, 0.1) is 18.6 Å². The van der Waals surface area contributed by atoms with Gasteiger partial charge in [0, 0.05) is 16.6 Å². The van der Waals surface area contributed by atoms with E-state index in [4.69, 9.17) is 10.2 Å². The van der Waals surface area contributed by atoms with Crippen molar-refractivity contribution in [2.24, 2.45) is 0 Å². The van der Waals surface area contributed by atoms with Crippen molar-refractivity contribution >= 4 is 10.9 Å². The Kier molecular flexibility index (Phi) is 3.89. The van der Waals surface area contributed by atoms with Gasteiger partial charge in [0.2, 0.25) is 0 Å². The van der Waals surface area contributed by atoms with Crippen molar-refractivity contribution in [3.8, 4) is 11.5 Å². The third-order valence-corrected chi connectivity index (χ3v) is 2.67. The highest BCUT2D eigenvalue weighted by atomic mass is 19.2. The van der Waals surface area contributed by atoms with Gasteiger partial charge in [-0.2, -0.15) is 4.39 Å². The predicted molar refractivity (Wildman–Crippen MR) is 72.7 cm³/mol. The fraction of sp³-hybridized carbons (Fsp3) is 0.0667. The number of rotatable bonds is 0. The van der Waals surface area contributed by atoms with E-state index in [-0.39, 0.29) is 0 Å². The van der Waals surface area contributed by atoms with Gasteiger partial charge in [0.1, 0.15) is 5.75 Å². The molecule has 0 atom stereocenters. The molecule has 3 rings (SSSR count). The molecule has 0 aliphatic carbocycles. The van der Waals surface area contributed by atoms with E-state index in [0.29, 0.717) is 5.75 Å². The van der Waals surface area contributed by atoms with Crippen LogP contribution in [-0.4, -0.2) is 15.2 Å². The van der Waals surface area contributed by atoms with Crippen LogP contribution in [0.1, 0.15) is 5.69 Å². The molecule has 3 nitrogen and oxygen atoms in total. The number of phenols is 2. The maximum absolute atomic E-state index is 12.1. The SMILES string of the molecule is Cc1cc2cc(O)ccc2[nH]1.Oc1cccc(F)c1F. The van der Waals surface area contributed by atoms with Crippen molar-refractivity contribution in [1.29, 1.82) is 0 Å². The van der Waals surface area contributed by atoms with Crippen LogP contribution in [0.3, 0.4) is 0 Å². The van der Waals surface area contributed by atoms with Gasteiger partial charge in [-0.15, -0.1) is 0 Å². The minimum absolute atomic E-state index is 0.316. The van der Waals surface area contributed by atoms with Gasteiger partial charge in [-0.05, 0) is 43.3 Å². The van der Waals surface area contributed by atoms with E-state index in [1.807, 2.05) is 19.1 Å². The zero-order valence-electron chi connectivity index (χ0n) is 10.7. The molecule has 0 saturated carbocycles. The van der Waals surface area contributed by atoms with Gasteiger partial charge in [-0.1, -0.05) is 6.07 Å². The minimum atomic E-state index is -1.20. The number of halogens is 2. The Morgan fingerprint density at radius 2 is 1.75 bits per heavy atom. The highest BCUT2D eigenvalue weighted by molar-refractivity contribution is 5.81. The van der Waals surface area contributed by atoms with Crippen LogP contribution in [0.15, 0.2) is 42.5 Å². The first-order chi connectivity index (χ1) is 9.47. The molecule has 0 saturated heterocycles. The van der Waals surface area contributed by atoms with Crippen LogP contribution < -0.4 is 0 Å². The molecule has 0 unspecified atom stereocenters. The number of nitrogens with one attached hydrogen (secondary N) is 1. The predicted octanol–water partition coefficient (Wildman–Crippen LogP) is 3.85. The first-order valence-corrected chi connectivity index (χ1v) is 5.88. The topological polar surface area (TPSA) is 56.2 Å². The standard InChI is InChI=1S/C9H9NO.C6H4F2O/c1-6-4-7-5-8(11)2-3-9(7)10-6;7-4-2-1-3-5(9)6(4)8/h2-5,10-11H,1H3;1-3,9H. The first kappa shape index (κ1) is 13.9. The van der Waals surface area contributed by atoms with E-state index < -0.39 is 17.4 Å². The van der Waals surface area contributed by atoms with Crippen LogP contribution in [0.2, 0.25) is 0 Å². The number of aromatic hydroxyl groups is 2. The number of hydrogen-bond donors (Lipinski definition) is 3. The van der Waals surface area contributed by atoms with E-state index in [2.05, 4.69) is 4.98 Å². The van der Waals surface area contributed by atoms with E-state index in [1.54, 1.807) is 12.1 Å². The summed E-state index contributed by atoms with van der Waals surface area (Å²) in [6.07, 6.45) is 0. The summed E-state index contributed by atoms with van der Waals surface area (Å²) < 4.78 is 24.2. The quantitative estimate of drug-likeness (QED) is 0.584. The maximum atomic E-state index is 12.1. The molecule has 0 fully saturated rings. The molecular weight excluding hydrogens is 264 g/mol. The van der Waals surface area contributed by atoms with Crippen molar-refractivity contribution in [3.05, 3.63) is 59.8 Å². The number of benzene rings is 2. The van der Waals surface area contributed by atoms with Gasteiger partial charge in [0.15, 0.2) is 17.4 Å². The Labute approximate surface area is 114 Å². The fourth-order valence-electron chi connectivity index (χ4n) is 1.76. The van der Waals surface area contributed by atoms with E-state index >= 15 is 0 Å². The van der Waals surface area contributed by atoms with Crippen molar-refractivity contribution in [3.63, 3.8) is 0 Å². The van der Waals surface area contributed by atoms with Gasteiger partial charge in [0.05, 0.1) is 0 Å². The largest absolute Gasteiger partial charge is 0.508 e. The Morgan fingerprint density at radius 3 is 2.40 bits per heavy atom. The summed E-state index contributed by atoms with van der Waals surface area (Å²) in [4.78, 5) is 3.17. The van der Waals surface area contributed by atoms with E-state index in [1.165, 1.54) is 6.07 Å². The second-order valence-electron chi connectivity index (χ2n) is 4.30. The van der Waals surface area contributed by atoms with Crippen molar-refractivity contribution < 1.29 is 19.0 Å². The molecule has 104 valence electrons. The molecule has 0 bridgehead atoms. The van der Waals surface area contributed by atoms with Crippen molar-refractivity contribution in [2.45, 2.75) is 6.92 Å². The number of aromatic nitrogens is 1. The Balaban J connectivity index is 0.000000151. The number of aromatic amines is 1. The second kappa shape index (κ2) is 5.61. The van der Waals surface area contributed by atoms with Crippen LogP contribution in [0.5, 0.6) is 11.5 Å². The highest BCUT2D eigenvalue weighted by Crippen LogP contribution is 2.19. The smallest absolute Gasteiger partial charge is 0.200 e. The molecule has 3 aromatic rings. The molecule has 3 N–H and O–H groups in total. The average Bonchev–Trinajstić information content (AvgIpc) is 2.76. The lowest BCUT2D eigenvalue weighted by Crippen LogP contribution is -1.81. The lowest BCUT2D eigenvalue weighted by molar-refractivity contribution is 0.407. The van der Waals surface area contributed by atoms with Crippen molar-refractivity contribution in [2.75, 3.05) is 0 Å².